The summed E-state index contributed by atoms with van der Waals surface area (Å²) in [5.74, 6) is 0. The van der Waals surface area contributed by atoms with E-state index < -0.39 is 0 Å². The van der Waals surface area contributed by atoms with Gasteiger partial charge < -0.3 is 0 Å². The Balaban J connectivity index is 0.000000137. The van der Waals surface area contributed by atoms with Crippen molar-refractivity contribution >= 4 is 24.0 Å². The SMILES string of the molecule is CP(C)c1cc2ccccc2[cH-]1.[Hf].[c-]1cccc2c1Cc1ccccc1-2.c1ccc(CCc2ccccc2)cc1. The zero-order valence-electron chi connectivity index (χ0n) is 23.3. The van der Waals surface area contributed by atoms with Crippen LogP contribution in [0.1, 0.15) is 22.3 Å². The maximum absolute atomic E-state index is 3.30. The average Bonchev–Trinajstić information content (AvgIpc) is 3.60. The van der Waals surface area contributed by atoms with E-state index in [0.717, 1.165) is 19.3 Å². The van der Waals surface area contributed by atoms with E-state index in [0.29, 0.717) is 0 Å². The largest absolute Gasteiger partial charge is 0.179 e. The number of aryl methyl sites for hydroxylation is 2. The van der Waals surface area contributed by atoms with Crippen LogP contribution in [0.25, 0.3) is 21.9 Å². The van der Waals surface area contributed by atoms with Gasteiger partial charge in [-0.05, 0) is 43.7 Å². The third-order valence-electron chi connectivity index (χ3n) is 7.12. The smallest absolute Gasteiger partial charge is 0 e. The topological polar surface area (TPSA) is 0 Å². The summed E-state index contributed by atoms with van der Waals surface area (Å²) in [6.07, 6.45) is 3.31. The first-order valence-corrected chi connectivity index (χ1v) is 15.9. The molecule has 0 radical (unpaired) electrons. The Morgan fingerprint density at radius 3 is 1.88 bits per heavy atom. The van der Waals surface area contributed by atoms with E-state index in [4.69, 9.17) is 0 Å². The van der Waals surface area contributed by atoms with Crippen molar-refractivity contribution in [2.45, 2.75) is 19.3 Å². The first-order valence-electron chi connectivity index (χ1n) is 13.7. The van der Waals surface area contributed by atoms with Crippen LogP contribution in [-0.4, -0.2) is 13.3 Å². The van der Waals surface area contributed by atoms with Gasteiger partial charge in [-0.25, -0.2) is 0 Å². The minimum Gasteiger partial charge on any atom is -0.179 e. The molecule has 0 amide bonds. The fraction of sp³-hybridized carbons (Fsp3) is 0.132. The Hall–Kier alpha value is -2.99. The monoisotopic (exact) mass is 702 g/mol. The molecule has 0 N–H and O–H groups in total. The van der Waals surface area contributed by atoms with Crippen molar-refractivity contribution in [3.8, 4) is 11.1 Å². The zero-order valence-corrected chi connectivity index (χ0v) is 27.8. The van der Waals surface area contributed by atoms with Crippen molar-refractivity contribution in [3.05, 3.63) is 168 Å². The molecule has 2 heteroatoms. The first kappa shape index (κ1) is 30.0. The minimum absolute atomic E-state index is 0. The van der Waals surface area contributed by atoms with Gasteiger partial charge in [-0.1, -0.05) is 102 Å². The van der Waals surface area contributed by atoms with Crippen molar-refractivity contribution in [1.82, 2.24) is 0 Å². The second-order valence-corrected chi connectivity index (χ2v) is 12.4. The van der Waals surface area contributed by atoms with E-state index >= 15 is 0 Å². The van der Waals surface area contributed by atoms with E-state index in [-0.39, 0.29) is 33.8 Å². The van der Waals surface area contributed by atoms with Crippen molar-refractivity contribution in [1.29, 1.82) is 0 Å². The van der Waals surface area contributed by atoms with Gasteiger partial charge in [0.25, 0.3) is 0 Å². The van der Waals surface area contributed by atoms with Crippen LogP contribution in [0.15, 0.2) is 140 Å². The van der Waals surface area contributed by atoms with Gasteiger partial charge in [-0.2, -0.15) is 35.9 Å². The van der Waals surface area contributed by atoms with Gasteiger partial charge in [-0.15, -0.1) is 53.8 Å². The molecular formula is C38H35HfP-2. The third-order valence-corrected chi connectivity index (χ3v) is 8.41. The molecule has 0 bridgehead atoms. The van der Waals surface area contributed by atoms with Crippen LogP contribution in [0.5, 0.6) is 0 Å². The normalized spacial score (nSPS) is 10.9. The molecule has 0 spiro atoms. The first-order chi connectivity index (χ1) is 19.2. The molecule has 40 heavy (non-hydrogen) atoms. The molecule has 0 nitrogen and oxygen atoms in total. The standard InChI is InChI=1S/C14H14.C13H9.C11H12P.Hf/c1-3-7-13(8-4-1)11-12-14-9-5-2-6-10-14;1-3-7-12-10(5-1)9-11-6-2-4-8-13(11)12;1-12(2)11-7-9-5-3-4-6-10(9)8-11;/h1-10H,11-12H2;1-5,7-8H,9H2;3-8H,1-2H3;/q;2*-1;. The Labute approximate surface area is 260 Å². The summed E-state index contributed by atoms with van der Waals surface area (Å²) in [6, 6.07) is 52.5. The number of rotatable bonds is 4. The van der Waals surface area contributed by atoms with E-state index in [2.05, 4.69) is 153 Å². The summed E-state index contributed by atoms with van der Waals surface area (Å²) in [5, 5.41) is 4.26. The van der Waals surface area contributed by atoms with Crippen LogP contribution in [0, 0.1) is 6.07 Å². The predicted molar refractivity (Wildman–Crippen MR) is 172 cm³/mol. The summed E-state index contributed by atoms with van der Waals surface area (Å²) in [4.78, 5) is 0. The predicted octanol–water partition coefficient (Wildman–Crippen LogP) is 9.45. The number of fused-ring (bicyclic) bond motifs is 4. The maximum atomic E-state index is 3.30. The van der Waals surface area contributed by atoms with Gasteiger partial charge in [0.2, 0.25) is 0 Å². The zero-order chi connectivity index (χ0) is 26.9. The van der Waals surface area contributed by atoms with Crippen LogP contribution >= 0.6 is 7.92 Å². The molecule has 0 aromatic heterocycles. The molecular weight excluding hydrogens is 666 g/mol. The summed E-state index contributed by atoms with van der Waals surface area (Å²) in [7, 11) is 0.0576. The quantitative estimate of drug-likeness (QED) is 0.0976. The third kappa shape index (κ3) is 8.03. The fourth-order valence-electron chi connectivity index (χ4n) is 4.97. The Bertz CT molecular complexity index is 1480. The van der Waals surface area contributed by atoms with Gasteiger partial charge in [-0.3, -0.25) is 0 Å². The molecule has 1 aliphatic carbocycles. The number of hydrogen-bond donors (Lipinski definition) is 0. The fourth-order valence-corrected chi connectivity index (χ4v) is 5.76. The molecule has 6 aromatic rings. The Kier molecular flexibility index (Phi) is 11.3. The molecule has 0 saturated carbocycles. The molecule has 0 aliphatic heterocycles. The molecule has 0 unspecified atom stereocenters. The molecule has 198 valence electrons. The van der Waals surface area contributed by atoms with Crippen molar-refractivity contribution in [2.24, 2.45) is 0 Å². The minimum atomic E-state index is 0. The van der Waals surface area contributed by atoms with Crippen LogP contribution < -0.4 is 5.30 Å². The van der Waals surface area contributed by atoms with Crippen LogP contribution in [0.2, 0.25) is 0 Å². The second kappa shape index (κ2) is 15.1. The molecule has 0 atom stereocenters. The van der Waals surface area contributed by atoms with Crippen molar-refractivity contribution in [3.63, 3.8) is 0 Å². The van der Waals surface area contributed by atoms with E-state index in [9.17, 15) is 0 Å². The Morgan fingerprint density at radius 1 is 0.650 bits per heavy atom. The summed E-state index contributed by atoms with van der Waals surface area (Å²) in [5.41, 5.74) is 8.34. The van der Waals surface area contributed by atoms with Crippen LogP contribution in [0.4, 0.5) is 0 Å². The van der Waals surface area contributed by atoms with E-state index in [1.54, 1.807) is 0 Å². The molecule has 0 fully saturated rings. The second-order valence-electron chi connectivity index (χ2n) is 10.1. The molecule has 0 heterocycles. The van der Waals surface area contributed by atoms with Gasteiger partial charge in [0.15, 0.2) is 0 Å². The number of hydrogen-bond acceptors (Lipinski definition) is 0. The molecule has 1 aliphatic rings. The summed E-state index contributed by atoms with van der Waals surface area (Å²) < 4.78 is 0. The average molecular weight is 701 g/mol. The van der Waals surface area contributed by atoms with Gasteiger partial charge in [0.1, 0.15) is 0 Å². The molecule has 7 rings (SSSR count). The maximum Gasteiger partial charge on any atom is 0 e. The summed E-state index contributed by atoms with van der Waals surface area (Å²) in [6.45, 7) is 4.59. The summed E-state index contributed by atoms with van der Waals surface area (Å²) >= 11 is 0. The van der Waals surface area contributed by atoms with Gasteiger partial charge in [0, 0.05) is 25.8 Å². The Morgan fingerprint density at radius 2 is 1.23 bits per heavy atom. The van der Waals surface area contributed by atoms with Crippen molar-refractivity contribution < 1.29 is 25.8 Å². The van der Waals surface area contributed by atoms with Crippen LogP contribution in [-0.2, 0) is 45.1 Å². The van der Waals surface area contributed by atoms with Gasteiger partial charge in [0.05, 0.1) is 0 Å². The molecule has 6 aromatic carbocycles. The van der Waals surface area contributed by atoms with E-state index in [1.807, 2.05) is 6.07 Å². The van der Waals surface area contributed by atoms with E-state index in [1.165, 1.54) is 49.5 Å². The van der Waals surface area contributed by atoms with Gasteiger partial charge >= 0.3 is 0 Å². The van der Waals surface area contributed by atoms with Crippen LogP contribution in [0.3, 0.4) is 0 Å². The van der Waals surface area contributed by atoms with Crippen molar-refractivity contribution in [2.75, 3.05) is 13.3 Å². The molecule has 0 saturated heterocycles. The number of benzene rings is 5.